The van der Waals surface area contributed by atoms with Gasteiger partial charge in [-0.25, -0.2) is 4.98 Å². The van der Waals surface area contributed by atoms with Gasteiger partial charge < -0.3 is 5.32 Å². The van der Waals surface area contributed by atoms with Gasteiger partial charge in [0.15, 0.2) is 0 Å². The highest BCUT2D eigenvalue weighted by molar-refractivity contribution is 9.10. The molecule has 2 rings (SSSR count). The van der Waals surface area contributed by atoms with Crippen LogP contribution >= 0.6 is 27.3 Å². The fraction of sp³-hybridized carbons (Fsp3) is 0.231. The van der Waals surface area contributed by atoms with E-state index in [0.29, 0.717) is 12.1 Å². The average molecular weight is 325 g/mol. The first-order chi connectivity index (χ1) is 8.54. The SMILES string of the molecule is Cc1cc(Br)cc(C(=O)NCc2ncc(C)s2)c1. The molecule has 0 unspecified atom stereocenters. The molecule has 94 valence electrons. The number of nitrogens with zero attached hydrogens (tertiary/aromatic N) is 1. The molecule has 0 saturated heterocycles. The lowest BCUT2D eigenvalue weighted by Gasteiger charge is -2.05. The highest BCUT2D eigenvalue weighted by atomic mass is 79.9. The number of nitrogens with one attached hydrogen (secondary N) is 1. The summed E-state index contributed by atoms with van der Waals surface area (Å²) >= 11 is 4.99. The van der Waals surface area contributed by atoms with Crippen LogP contribution in [-0.2, 0) is 6.54 Å². The summed E-state index contributed by atoms with van der Waals surface area (Å²) in [6, 6.07) is 5.66. The smallest absolute Gasteiger partial charge is 0.251 e. The van der Waals surface area contributed by atoms with Crippen molar-refractivity contribution in [3.8, 4) is 0 Å². The molecule has 0 atom stereocenters. The van der Waals surface area contributed by atoms with Crippen molar-refractivity contribution in [2.24, 2.45) is 0 Å². The first-order valence-electron chi connectivity index (χ1n) is 5.51. The molecule has 0 aliphatic carbocycles. The van der Waals surface area contributed by atoms with Gasteiger partial charge in [0.25, 0.3) is 5.91 Å². The zero-order valence-electron chi connectivity index (χ0n) is 10.2. The molecule has 1 N–H and O–H groups in total. The summed E-state index contributed by atoms with van der Waals surface area (Å²) in [6.07, 6.45) is 1.81. The third-order valence-electron chi connectivity index (χ3n) is 2.37. The Morgan fingerprint density at radius 2 is 2.17 bits per heavy atom. The molecule has 2 aromatic rings. The van der Waals surface area contributed by atoms with Crippen molar-refractivity contribution in [2.45, 2.75) is 20.4 Å². The molecule has 0 fully saturated rings. The van der Waals surface area contributed by atoms with Crippen LogP contribution in [0.5, 0.6) is 0 Å². The number of carbonyl (C=O) groups is 1. The van der Waals surface area contributed by atoms with Crippen LogP contribution in [0.3, 0.4) is 0 Å². The summed E-state index contributed by atoms with van der Waals surface area (Å²) in [7, 11) is 0. The molecule has 3 nitrogen and oxygen atoms in total. The molecule has 18 heavy (non-hydrogen) atoms. The van der Waals surface area contributed by atoms with E-state index in [1.54, 1.807) is 11.3 Å². The quantitative estimate of drug-likeness (QED) is 0.939. The van der Waals surface area contributed by atoms with E-state index >= 15 is 0 Å². The topological polar surface area (TPSA) is 42.0 Å². The Balaban J connectivity index is 2.03. The van der Waals surface area contributed by atoms with Crippen molar-refractivity contribution in [3.05, 3.63) is 49.9 Å². The standard InChI is InChI=1S/C13H13BrN2OS/c1-8-3-10(5-11(14)4-8)13(17)16-7-12-15-6-9(2)18-12/h3-6H,7H2,1-2H3,(H,16,17). The number of aryl methyl sites for hydroxylation is 2. The minimum absolute atomic E-state index is 0.0766. The van der Waals surface area contributed by atoms with Gasteiger partial charge in [-0.1, -0.05) is 15.9 Å². The molecule has 1 aromatic heterocycles. The minimum Gasteiger partial charge on any atom is -0.346 e. The lowest BCUT2D eigenvalue weighted by atomic mass is 10.1. The largest absolute Gasteiger partial charge is 0.346 e. The lowest BCUT2D eigenvalue weighted by molar-refractivity contribution is 0.0950. The predicted molar refractivity (Wildman–Crippen MR) is 76.9 cm³/mol. The number of aromatic nitrogens is 1. The number of thiazole rings is 1. The van der Waals surface area contributed by atoms with Crippen LogP contribution in [0.4, 0.5) is 0 Å². The molecule has 0 aliphatic heterocycles. The molecule has 0 spiro atoms. The number of hydrogen-bond donors (Lipinski definition) is 1. The van der Waals surface area contributed by atoms with E-state index in [4.69, 9.17) is 0 Å². The van der Waals surface area contributed by atoms with Crippen LogP contribution in [0.15, 0.2) is 28.9 Å². The Bertz CT molecular complexity index is 560. The van der Waals surface area contributed by atoms with Gasteiger partial charge in [0, 0.05) is 21.1 Å². The number of benzene rings is 1. The van der Waals surface area contributed by atoms with Crippen LogP contribution in [0.25, 0.3) is 0 Å². The van der Waals surface area contributed by atoms with Crippen molar-refractivity contribution in [3.63, 3.8) is 0 Å². The Morgan fingerprint density at radius 1 is 1.39 bits per heavy atom. The second-order valence-corrected chi connectivity index (χ2v) is 6.30. The van der Waals surface area contributed by atoms with E-state index in [1.807, 2.05) is 38.2 Å². The van der Waals surface area contributed by atoms with Crippen LogP contribution in [-0.4, -0.2) is 10.9 Å². The molecule has 0 saturated carbocycles. The van der Waals surface area contributed by atoms with Crippen molar-refractivity contribution in [1.29, 1.82) is 0 Å². The van der Waals surface area contributed by atoms with Crippen molar-refractivity contribution in [2.75, 3.05) is 0 Å². The highest BCUT2D eigenvalue weighted by Gasteiger charge is 2.07. The number of amides is 1. The van der Waals surface area contributed by atoms with Gasteiger partial charge in [0.2, 0.25) is 0 Å². The van der Waals surface area contributed by atoms with Gasteiger partial charge in [-0.15, -0.1) is 11.3 Å². The van der Waals surface area contributed by atoms with Gasteiger partial charge in [0.1, 0.15) is 5.01 Å². The van der Waals surface area contributed by atoms with E-state index < -0.39 is 0 Å². The zero-order valence-corrected chi connectivity index (χ0v) is 12.6. The van der Waals surface area contributed by atoms with Gasteiger partial charge >= 0.3 is 0 Å². The maximum Gasteiger partial charge on any atom is 0.251 e. The van der Waals surface area contributed by atoms with Gasteiger partial charge in [-0.05, 0) is 37.6 Å². The summed E-state index contributed by atoms with van der Waals surface area (Å²) in [4.78, 5) is 17.3. The number of hydrogen-bond acceptors (Lipinski definition) is 3. The summed E-state index contributed by atoms with van der Waals surface area (Å²) in [6.45, 7) is 4.44. The van der Waals surface area contributed by atoms with Crippen molar-refractivity contribution in [1.82, 2.24) is 10.3 Å². The Labute approximate surface area is 118 Å². The first kappa shape index (κ1) is 13.2. The lowest BCUT2D eigenvalue weighted by Crippen LogP contribution is -2.22. The third-order valence-corrected chi connectivity index (χ3v) is 3.74. The molecular formula is C13H13BrN2OS. The molecule has 1 amide bonds. The molecule has 1 aromatic carbocycles. The van der Waals surface area contributed by atoms with Gasteiger partial charge in [0.05, 0.1) is 6.54 Å². The number of halogens is 1. The summed E-state index contributed by atoms with van der Waals surface area (Å²) < 4.78 is 0.915. The molecule has 0 bridgehead atoms. The fourth-order valence-corrected chi connectivity index (χ4v) is 2.94. The van der Waals surface area contributed by atoms with Crippen LogP contribution < -0.4 is 5.32 Å². The average Bonchev–Trinajstić information content (AvgIpc) is 2.70. The Hall–Kier alpha value is -1.20. The van der Waals surface area contributed by atoms with Crippen LogP contribution in [0, 0.1) is 13.8 Å². The zero-order chi connectivity index (χ0) is 13.1. The van der Waals surface area contributed by atoms with E-state index in [2.05, 4.69) is 26.2 Å². The normalized spacial score (nSPS) is 10.4. The van der Waals surface area contributed by atoms with Crippen LogP contribution in [0.1, 0.15) is 25.8 Å². The second-order valence-electron chi connectivity index (χ2n) is 4.06. The van der Waals surface area contributed by atoms with Crippen LogP contribution in [0.2, 0.25) is 0 Å². The van der Waals surface area contributed by atoms with Gasteiger partial charge in [-0.3, -0.25) is 4.79 Å². The highest BCUT2D eigenvalue weighted by Crippen LogP contribution is 2.16. The molecule has 0 aliphatic rings. The number of rotatable bonds is 3. The van der Waals surface area contributed by atoms with E-state index in [1.165, 1.54) is 0 Å². The minimum atomic E-state index is -0.0766. The fourth-order valence-electron chi connectivity index (χ4n) is 1.61. The van der Waals surface area contributed by atoms with E-state index in [-0.39, 0.29) is 5.91 Å². The molecule has 5 heteroatoms. The second kappa shape index (κ2) is 5.63. The summed E-state index contributed by atoms with van der Waals surface area (Å²) in [5, 5.41) is 3.79. The van der Waals surface area contributed by atoms with Gasteiger partial charge in [-0.2, -0.15) is 0 Å². The maximum atomic E-state index is 12.0. The van der Waals surface area contributed by atoms with E-state index in [9.17, 15) is 4.79 Å². The third kappa shape index (κ3) is 3.40. The molecular weight excluding hydrogens is 312 g/mol. The number of carbonyl (C=O) groups excluding carboxylic acids is 1. The Kier molecular flexibility index (Phi) is 4.14. The molecule has 0 radical (unpaired) electrons. The van der Waals surface area contributed by atoms with Crippen molar-refractivity contribution < 1.29 is 4.79 Å². The molecule has 1 heterocycles. The van der Waals surface area contributed by atoms with E-state index in [0.717, 1.165) is 19.9 Å². The Morgan fingerprint density at radius 3 is 2.78 bits per heavy atom. The maximum absolute atomic E-state index is 12.0. The van der Waals surface area contributed by atoms with Crippen molar-refractivity contribution >= 4 is 33.2 Å². The predicted octanol–water partition coefficient (Wildman–Crippen LogP) is 3.45. The first-order valence-corrected chi connectivity index (χ1v) is 7.12. The summed E-state index contributed by atoms with van der Waals surface area (Å²) in [5.74, 6) is -0.0766. The monoisotopic (exact) mass is 324 g/mol. The summed E-state index contributed by atoms with van der Waals surface area (Å²) in [5.41, 5.74) is 1.72.